The van der Waals surface area contributed by atoms with Gasteiger partial charge in [-0.3, -0.25) is 0 Å². The van der Waals surface area contributed by atoms with Crippen molar-refractivity contribution in [2.45, 2.75) is 0 Å². The topological polar surface area (TPSA) is 117 Å². The second-order valence-corrected chi connectivity index (χ2v) is 1.02. The fraction of sp³-hybridized carbons (Fsp3) is 0. The van der Waals surface area contributed by atoms with E-state index in [9.17, 15) is 10.1 Å². The summed E-state index contributed by atoms with van der Waals surface area (Å²) in [5.41, 5.74) is 0. The molecule has 0 heterocycles. The average Bonchev–Trinajstić information content (AvgIpc) is 1.90. The van der Waals surface area contributed by atoms with E-state index in [2.05, 4.69) is 0 Å². The van der Waals surface area contributed by atoms with E-state index in [0.29, 0.717) is 0 Å². The Morgan fingerprint density at radius 2 is 1.90 bits per heavy atom. The highest BCUT2D eigenvalue weighted by Crippen LogP contribution is 1.87. The molecule has 0 aromatic rings. The minimum Gasteiger partial charge on any atom is -0.231 e. The van der Waals surface area contributed by atoms with Crippen molar-refractivity contribution in [3.05, 3.63) is 10.1 Å². The molecule has 0 aliphatic rings. The van der Waals surface area contributed by atoms with E-state index >= 15 is 0 Å². The van der Waals surface area contributed by atoms with Gasteiger partial charge in [-0.2, -0.15) is 10.5 Å². The van der Waals surface area contributed by atoms with Crippen LogP contribution in [0.1, 0.15) is 0 Å². The molecule has 0 spiro atoms. The molecule has 0 unspecified atom stereocenters. The number of nitrogens with zero attached hydrogens (tertiary/aromatic N) is 5. The third kappa shape index (κ3) is 1.47. The molecule has 0 fully saturated rings. The van der Waals surface area contributed by atoms with Crippen molar-refractivity contribution >= 4 is 0 Å². The SMILES string of the molecule is N#CN(C#N)N(O)[N+](=O)[O-]. The minimum absolute atomic E-state index is 0.208. The van der Waals surface area contributed by atoms with Gasteiger partial charge in [-0.15, -0.1) is 0 Å². The van der Waals surface area contributed by atoms with E-state index in [1.165, 1.54) is 0 Å². The van der Waals surface area contributed by atoms with E-state index in [0.717, 1.165) is 12.4 Å². The van der Waals surface area contributed by atoms with Gasteiger partial charge in [0.05, 0.1) is 0 Å². The number of hydrogen-bond acceptors (Lipinski definition) is 6. The summed E-state index contributed by atoms with van der Waals surface area (Å²) >= 11 is 0. The van der Waals surface area contributed by atoms with Crippen molar-refractivity contribution in [3.63, 3.8) is 0 Å². The lowest BCUT2D eigenvalue weighted by Gasteiger charge is -2.05. The first-order chi connectivity index (χ1) is 4.63. The summed E-state index contributed by atoms with van der Waals surface area (Å²) in [5, 5.41) is 31.3. The molecule has 0 bridgehead atoms. The Hall–Kier alpha value is -2.06. The number of rotatable bonds is 2. The highest BCUT2D eigenvalue weighted by atomic mass is 16.8. The molecule has 10 heavy (non-hydrogen) atoms. The van der Waals surface area contributed by atoms with E-state index < -0.39 is 10.3 Å². The maximum absolute atomic E-state index is 9.60. The summed E-state index contributed by atoms with van der Waals surface area (Å²) in [6.45, 7) is 0. The van der Waals surface area contributed by atoms with E-state index in [4.69, 9.17) is 15.7 Å². The third-order valence-corrected chi connectivity index (χ3v) is 0.514. The van der Waals surface area contributed by atoms with Gasteiger partial charge in [-0.1, -0.05) is 0 Å². The van der Waals surface area contributed by atoms with Crippen molar-refractivity contribution in [3.8, 4) is 12.4 Å². The van der Waals surface area contributed by atoms with Gasteiger partial charge in [0.25, 0.3) is 0 Å². The van der Waals surface area contributed by atoms with Gasteiger partial charge in [0, 0.05) is 0 Å². The zero-order chi connectivity index (χ0) is 8.15. The second-order valence-electron chi connectivity index (χ2n) is 1.02. The summed E-state index contributed by atoms with van der Waals surface area (Å²) in [5.74, 6) is 0. The first-order valence-corrected chi connectivity index (χ1v) is 1.86. The van der Waals surface area contributed by atoms with Crippen molar-refractivity contribution in [2.75, 3.05) is 0 Å². The van der Waals surface area contributed by atoms with E-state index in [-0.39, 0.29) is 5.01 Å². The molecule has 0 aromatic heterocycles. The lowest BCUT2D eigenvalue weighted by molar-refractivity contribution is -0.764. The van der Waals surface area contributed by atoms with Crippen LogP contribution in [0.25, 0.3) is 0 Å². The normalized spacial score (nSPS) is 7.10. The second kappa shape index (κ2) is 3.06. The molecular formula is C2HN5O3. The molecule has 0 rings (SSSR count). The Labute approximate surface area is 54.8 Å². The Morgan fingerprint density at radius 1 is 1.50 bits per heavy atom. The van der Waals surface area contributed by atoms with Gasteiger partial charge in [-0.05, 0) is 5.01 Å². The molecule has 0 aliphatic heterocycles. The molecule has 8 nitrogen and oxygen atoms in total. The molecule has 1 N–H and O–H groups in total. The van der Waals surface area contributed by atoms with Gasteiger partial charge in [-0.25, -0.2) is 15.3 Å². The van der Waals surface area contributed by atoms with Crippen LogP contribution in [0.2, 0.25) is 0 Å². The Balaban J connectivity index is 4.23. The highest BCUT2D eigenvalue weighted by molar-refractivity contribution is 4.79. The molecular weight excluding hydrogens is 142 g/mol. The first-order valence-electron chi connectivity index (χ1n) is 1.86. The Kier molecular flexibility index (Phi) is 2.43. The smallest absolute Gasteiger partial charge is 0.222 e. The molecule has 0 aliphatic carbocycles. The van der Waals surface area contributed by atoms with Crippen LogP contribution in [-0.4, -0.2) is 20.5 Å². The lowest BCUT2D eigenvalue weighted by atomic mass is 11.1. The lowest BCUT2D eigenvalue weighted by Crippen LogP contribution is -2.37. The van der Waals surface area contributed by atoms with Crippen LogP contribution in [0.15, 0.2) is 0 Å². The quantitative estimate of drug-likeness (QED) is 0.229. The van der Waals surface area contributed by atoms with Gasteiger partial charge in [0.15, 0.2) is 0 Å². The third-order valence-electron chi connectivity index (χ3n) is 0.514. The van der Waals surface area contributed by atoms with Gasteiger partial charge < -0.3 is 0 Å². The predicted octanol–water partition coefficient (Wildman–Crippen LogP) is -0.952. The Bertz CT molecular complexity index is 198. The van der Waals surface area contributed by atoms with Crippen LogP contribution >= 0.6 is 0 Å². The predicted molar refractivity (Wildman–Crippen MR) is 23.7 cm³/mol. The van der Waals surface area contributed by atoms with Crippen molar-refractivity contribution in [1.29, 1.82) is 10.5 Å². The monoisotopic (exact) mass is 143 g/mol. The van der Waals surface area contributed by atoms with Crippen LogP contribution in [0.3, 0.4) is 0 Å². The van der Waals surface area contributed by atoms with Crippen molar-refractivity contribution < 1.29 is 10.2 Å². The number of nitro groups is 1. The summed E-state index contributed by atoms with van der Waals surface area (Å²) in [4.78, 5) is 9.60. The molecule has 0 aromatic carbocycles. The highest BCUT2D eigenvalue weighted by Gasteiger charge is 2.19. The Morgan fingerprint density at radius 3 is 2.00 bits per heavy atom. The maximum Gasteiger partial charge on any atom is 0.222 e. The van der Waals surface area contributed by atoms with Crippen molar-refractivity contribution in [2.24, 2.45) is 0 Å². The standard InChI is InChI=1S/C2HN5O3/c3-1-5(2-4)6(8)7(9)10/h8H. The number of nitriles is 2. The maximum atomic E-state index is 9.60. The zero-order valence-corrected chi connectivity index (χ0v) is 4.50. The summed E-state index contributed by atoms with van der Waals surface area (Å²) in [6, 6.07) is 0. The molecule has 0 saturated carbocycles. The van der Waals surface area contributed by atoms with Crippen LogP contribution in [-0.2, 0) is 0 Å². The van der Waals surface area contributed by atoms with Crippen LogP contribution < -0.4 is 0 Å². The van der Waals surface area contributed by atoms with Crippen LogP contribution in [0, 0.1) is 33.0 Å². The van der Waals surface area contributed by atoms with Crippen molar-refractivity contribution in [1.82, 2.24) is 10.3 Å². The minimum atomic E-state index is -1.33. The van der Waals surface area contributed by atoms with E-state index in [1.54, 1.807) is 0 Å². The first kappa shape index (κ1) is 7.94. The fourth-order valence-electron chi connectivity index (χ4n) is 0.175. The molecule has 0 atom stereocenters. The molecule has 8 heteroatoms. The molecule has 52 valence electrons. The summed E-state index contributed by atoms with van der Waals surface area (Å²) < 4.78 is 0. The average molecular weight is 143 g/mol. The molecule has 0 radical (unpaired) electrons. The van der Waals surface area contributed by atoms with Crippen LogP contribution in [0.5, 0.6) is 0 Å². The van der Waals surface area contributed by atoms with E-state index in [1.807, 2.05) is 0 Å². The summed E-state index contributed by atoms with van der Waals surface area (Å²) in [7, 11) is 0. The van der Waals surface area contributed by atoms with Gasteiger partial charge in [0.1, 0.15) is 5.28 Å². The molecule has 0 amide bonds. The largest absolute Gasteiger partial charge is 0.231 e. The van der Waals surface area contributed by atoms with Gasteiger partial charge in [0.2, 0.25) is 17.4 Å². The fourth-order valence-corrected chi connectivity index (χ4v) is 0.175. The van der Waals surface area contributed by atoms with Gasteiger partial charge >= 0.3 is 0 Å². The summed E-state index contributed by atoms with van der Waals surface area (Å²) in [6.07, 6.45) is 2.08. The number of hydrogen-bond donors (Lipinski definition) is 1. The zero-order valence-electron chi connectivity index (χ0n) is 4.50. The van der Waals surface area contributed by atoms with Crippen LogP contribution in [0.4, 0.5) is 0 Å². The number of hydrazine groups is 2. The molecule has 0 saturated heterocycles.